The van der Waals surface area contributed by atoms with Crippen LogP contribution in [0.15, 0.2) is 0 Å². The summed E-state index contributed by atoms with van der Waals surface area (Å²) in [6.07, 6.45) is 6.75. The summed E-state index contributed by atoms with van der Waals surface area (Å²) in [5.74, 6) is 0. The molecular weight excluding hydrogens is 200 g/mol. The Balaban J connectivity index is 1.86. The van der Waals surface area contributed by atoms with E-state index in [4.69, 9.17) is 4.74 Å². The first kappa shape index (κ1) is 12.3. The van der Waals surface area contributed by atoms with Gasteiger partial charge in [-0.1, -0.05) is 6.42 Å². The van der Waals surface area contributed by atoms with Crippen molar-refractivity contribution in [2.24, 2.45) is 0 Å². The molecule has 1 atom stereocenters. The predicted molar refractivity (Wildman–Crippen MR) is 66.7 cm³/mol. The number of hydrogen-bond acceptors (Lipinski definition) is 3. The van der Waals surface area contributed by atoms with E-state index in [1.807, 2.05) is 0 Å². The van der Waals surface area contributed by atoms with Gasteiger partial charge in [-0.3, -0.25) is 4.90 Å². The van der Waals surface area contributed by atoms with Gasteiger partial charge in [-0.25, -0.2) is 0 Å². The Hall–Kier alpha value is -0.120. The van der Waals surface area contributed by atoms with Crippen molar-refractivity contribution < 1.29 is 4.74 Å². The van der Waals surface area contributed by atoms with E-state index in [0.717, 1.165) is 19.3 Å². The third kappa shape index (κ3) is 3.19. The summed E-state index contributed by atoms with van der Waals surface area (Å²) in [5, 5.41) is 3.45. The Bertz CT molecular complexity index is 192. The maximum Gasteiger partial charge on any atom is 0.0621 e. The molecule has 2 heterocycles. The fraction of sp³-hybridized carbons (Fsp3) is 1.00. The van der Waals surface area contributed by atoms with Crippen molar-refractivity contribution in [1.29, 1.82) is 0 Å². The minimum absolute atomic E-state index is 0.691. The summed E-state index contributed by atoms with van der Waals surface area (Å²) in [4.78, 5) is 2.74. The van der Waals surface area contributed by atoms with Crippen LogP contribution in [0.1, 0.15) is 39.0 Å². The van der Waals surface area contributed by atoms with Gasteiger partial charge in [0.15, 0.2) is 0 Å². The van der Waals surface area contributed by atoms with Crippen LogP contribution < -0.4 is 5.32 Å². The second-order valence-corrected chi connectivity index (χ2v) is 5.03. The molecule has 0 aliphatic carbocycles. The van der Waals surface area contributed by atoms with Crippen LogP contribution in [-0.2, 0) is 4.74 Å². The van der Waals surface area contributed by atoms with E-state index in [2.05, 4.69) is 17.1 Å². The Morgan fingerprint density at radius 1 is 1.19 bits per heavy atom. The standard InChI is InChI=1S/C13H26N2O/c1-2-16-11-13-5-3-4-10-15(13)12-6-8-14-9-7-12/h12-14H,2-11H2,1H3. The van der Waals surface area contributed by atoms with Gasteiger partial charge in [-0.2, -0.15) is 0 Å². The Kier molecular flexibility index (Phi) is 5.07. The summed E-state index contributed by atoms with van der Waals surface area (Å²) >= 11 is 0. The van der Waals surface area contributed by atoms with Gasteiger partial charge in [0, 0.05) is 18.7 Å². The molecule has 2 fully saturated rings. The summed E-state index contributed by atoms with van der Waals surface area (Å²) in [6.45, 7) is 7.59. The molecule has 0 radical (unpaired) electrons. The Morgan fingerprint density at radius 2 is 2.00 bits per heavy atom. The SMILES string of the molecule is CCOCC1CCCCN1C1CCNCC1. The van der Waals surface area contributed by atoms with Crippen molar-refractivity contribution in [3.63, 3.8) is 0 Å². The molecule has 0 amide bonds. The van der Waals surface area contributed by atoms with Crippen molar-refractivity contribution in [2.45, 2.75) is 51.1 Å². The van der Waals surface area contributed by atoms with Crippen molar-refractivity contribution in [2.75, 3.05) is 32.8 Å². The molecule has 2 aliphatic rings. The molecule has 3 heteroatoms. The first-order valence-electron chi connectivity index (χ1n) is 6.96. The third-order valence-corrected chi connectivity index (χ3v) is 3.96. The number of likely N-dealkylation sites (tertiary alicyclic amines) is 1. The van der Waals surface area contributed by atoms with Gasteiger partial charge in [-0.05, 0) is 52.2 Å². The lowest BCUT2D eigenvalue weighted by molar-refractivity contribution is 0.0133. The van der Waals surface area contributed by atoms with E-state index in [1.165, 1.54) is 51.7 Å². The Morgan fingerprint density at radius 3 is 2.75 bits per heavy atom. The number of ether oxygens (including phenoxy) is 1. The largest absolute Gasteiger partial charge is 0.380 e. The highest BCUT2D eigenvalue weighted by atomic mass is 16.5. The molecule has 0 spiro atoms. The molecule has 1 unspecified atom stereocenters. The molecule has 3 nitrogen and oxygen atoms in total. The normalized spacial score (nSPS) is 29.4. The van der Waals surface area contributed by atoms with Gasteiger partial charge in [0.1, 0.15) is 0 Å². The number of hydrogen-bond donors (Lipinski definition) is 1. The number of rotatable bonds is 4. The lowest BCUT2D eigenvalue weighted by atomic mass is 9.96. The molecule has 0 aromatic carbocycles. The molecule has 0 saturated carbocycles. The molecule has 16 heavy (non-hydrogen) atoms. The van der Waals surface area contributed by atoms with E-state index in [-0.39, 0.29) is 0 Å². The fourth-order valence-corrected chi connectivity index (χ4v) is 3.07. The van der Waals surface area contributed by atoms with Crippen LogP contribution in [-0.4, -0.2) is 49.8 Å². The van der Waals surface area contributed by atoms with Crippen molar-refractivity contribution in [3.05, 3.63) is 0 Å². The number of nitrogens with one attached hydrogen (secondary N) is 1. The quantitative estimate of drug-likeness (QED) is 0.788. The van der Waals surface area contributed by atoms with Crippen molar-refractivity contribution in [3.8, 4) is 0 Å². The minimum atomic E-state index is 0.691. The molecule has 2 rings (SSSR count). The molecule has 94 valence electrons. The molecule has 2 saturated heterocycles. The lowest BCUT2D eigenvalue weighted by Crippen LogP contribution is -2.51. The van der Waals surface area contributed by atoms with E-state index >= 15 is 0 Å². The average molecular weight is 226 g/mol. The first-order valence-corrected chi connectivity index (χ1v) is 6.96. The predicted octanol–water partition coefficient (Wildman–Crippen LogP) is 1.63. The van der Waals surface area contributed by atoms with Gasteiger partial charge in [0.25, 0.3) is 0 Å². The molecule has 0 aromatic rings. The maximum absolute atomic E-state index is 5.64. The monoisotopic (exact) mass is 226 g/mol. The molecular formula is C13H26N2O. The van der Waals surface area contributed by atoms with Gasteiger partial charge < -0.3 is 10.1 Å². The van der Waals surface area contributed by atoms with E-state index in [0.29, 0.717) is 6.04 Å². The highest BCUT2D eigenvalue weighted by molar-refractivity contribution is 4.85. The van der Waals surface area contributed by atoms with Gasteiger partial charge in [0.2, 0.25) is 0 Å². The van der Waals surface area contributed by atoms with Gasteiger partial charge in [0.05, 0.1) is 6.61 Å². The first-order chi connectivity index (χ1) is 7.92. The van der Waals surface area contributed by atoms with Gasteiger partial charge >= 0.3 is 0 Å². The third-order valence-electron chi connectivity index (χ3n) is 3.96. The summed E-state index contributed by atoms with van der Waals surface area (Å²) in [5.41, 5.74) is 0. The van der Waals surface area contributed by atoms with Crippen molar-refractivity contribution in [1.82, 2.24) is 10.2 Å². The molecule has 2 aliphatic heterocycles. The van der Waals surface area contributed by atoms with E-state index in [9.17, 15) is 0 Å². The van der Waals surface area contributed by atoms with Crippen molar-refractivity contribution >= 4 is 0 Å². The van der Waals surface area contributed by atoms with Crippen LogP contribution in [0.2, 0.25) is 0 Å². The van der Waals surface area contributed by atoms with Gasteiger partial charge in [-0.15, -0.1) is 0 Å². The molecule has 0 bridgehead atoms. The molecule has 1 N–H and O–H groups in total. The topological polar surface area (TPSA) is 24.5 Å². The highest BCUT2D eigenvalue weighted by Gasteiger charge is 2.29. The van der Waals surface area contributed by atoms with E-state index < -0.39 is 0 Å². The zero-order chi connectivity index (χ0) is 11.2. The zero-order valence-electron chi connectivity index (χ0n) is 10.6. The second-order valence-electron chi connectivity index (χ2n) is 5.03. The number of nitrogens with zero attached hydrogens (tertiary/aromatic N) is 1. The van der Waals surface area contributed by atoms with Crippen LogP contribution in [0.25, 0.3) is 0 Å². The summed E-state index contributed by atoms with van der Waals surface area (Å²) in [7, 11) is 0. The minimum Gasteiger partial charge on any atom is -0.380 e. The second kappa shape index (κ2) is 6.58. The Labute approximate surface area is 99.5 Å². The summed E-state index contributed by atoms with van der Waals surface area (Å²) < 4.78 is 5.64. The average Bonchev–Trinajstić information content (AvgIpc) is 2.38. The van der Waals surface area contributed by atoms with Crippen LogP contribution >= 0.6 is 0 Å². The number of piperidine rings is 2. The highest BCUT2D eigenvalue weighted by Crippen LogP contribution is 2.23. The zero-order valence-corrected chi connectivity index (χ0v) is 10.6. The smallest absolute Gasteiger partial charge is 0.0621 e. The van der Waals surface area contributed by atoms with Crippen LogP contribution in [0.3, 0.4) is 0 Å². The van der Waals surface area contributed by atoms with Crippen LogP contribution in [0.4, 0.5) is 0 Å². The lowest BCUT2D eigenvalue weighted by Gasteiger charge is -2.42. The summed E-state index contributed by atoms with van der Waals surface area (Å²) in [6, 6.07) is 1.50. The van der Waals surface area contributed by atoms with E-state index in [1.54, 1.807) is 0 Å². The van der Waals surface area contributed by atoms with Crippen LogP contribution in [0, 0.1) is 0 Å². The molecule has 0 aromatic heterocycles. The van der Waals surface area contributed by atoms with Crippen LogP contribution in [0.5, 0.6) is 0 Å². The fourth-order valence-electron chi connectivity index (χ4n) is 3.07. The maximum atomic E-state index is 5.64.